The summed E-state index contributed by atoms with van der Waals surface area (Å²) in [5, 5.41) is 5.58. The molecule has 1 N–H and O–H groups in total. The quantitative estimate of drug-likeness (QED) is 0.553. The number of benzene rings is 2. The van der Waals surface area contributed by atoms with Gasteiger partial charge in [-0.25, -0.2) is 0 Å². The van der Waals surface area contributed by atoms with Crippen LogP contribution in [0.25, 0.3) is 0 Å². The zero-order valence-corrected chi connectivity index (χ0v) is 16.1. The summed E-state index contributed by atoms with van der Waals surface area (Å²) in [6, 6.07) is 14.1. The molecule has 0 radical (unpaired) electrons. The van der Waals surface area contributed by atoms with Crippen LogP contribution < -0.4 is 14.8 Å². The molecule has 0 spiro atoms. The zero-order valence-electron chi connectivity index (χ0n) is 13.8. The van der Waals surface area contributed by atoms with Gasteiger partial charge in [0.25, 0.3) is 5.91 Å². The molecule has 1 heterocycles. The summed E-state index contributed by atoms with van der Waals surface area (Å²) in [5.41, 5.74) is 1.43. The van der Waals surface area contributed by atoms with Crippen molar-refractivity contribution >= 4 is 46.1 Å². The van der Waals surface area contributed by atoms with Crippen molar-refractivity contribution in [3.8, 4) is 11.5 Å². The first-order chi connectivity index (χ1) is 12.5. The van der Waals surface area contributed by atoms with E-state index in [9.17, 15) is 4.79 Å². The van der Waals surface area contributed by atoms with Crippen LogP contribution in [0.15, 0.2) is 53.9 Å². The van der Waals surface area contributed by atoms with Crippen LogP contribution in [0.1, 0.15) is 15.2 Å². The van der Waals surface area contributed by atoms with Crippen molar-refractivity contribution in [3.63, 3.8) is 0 Å². The van der Waals surface area contributed by atoms with Gasteiger partial charge in [-0.3, -0.25) is 4.79 Å². The molecule has 3 aromatic rings. The summed E-state index contributed by atoms with van der Waals surface area (Å²) in [6.45, 7) is 0.373. The van der Waals surface area contributed by atoms with Crippen molar-refractivity contribution in [2.45, 2.75) is 6.61 Å². The molecule has 0 atom stereocenters. The van der Waals surface area contributed by atoms with Crippen LogP contribution in [0.4, 0.5) is 5.69 Å². The molecule has 0 aliphatic carbocycles. The number of carbonyl (C=O) groups is 1. The monoisotopic (exact) mass is 407 g/mol. The third-order valence-corrected chi connectivity index (χ3v) is 5.05. The molecule has 0 unspecified atom stereocenters. The molecular weight excluding hydrogens is 393 g/mol. The van der Waals surface area contributed by atoms with Crippen LogP contribution in [0.3, 0.4) is 0 Å². The Bertz CT molecular complexity index is 909. The van der Waals surface area contributed by atoms with E-state index in [-0.39, 0.29) is 5.91 Å². The van der Waals surface area contributed by atoms with Crippen molar-refractivity contribution in [2.75, 3.05) is 12.4 Å². The molecule has 3 rings (SSSR count). The molecule has 0 aliphatic rings. The Morgan fingerprint density at radius 2 is 1.81 bits per heavy atom. The lowest BCUT2D eigenvalue weighted by molar-refractivity contribution is 0.103. The first-order valence-electron chi connectivity index (χ1n) is 7.66. The van der Waals surface area contributed by atoms with Crippen molar-refractivity contribution < 1.29 is 14.3 Å². The number of amides is 1. The van der Waals surface area contributed by atoms with E-state index in [4.69, 9.17) is 32.7 Å². The van der Waals surface area contributed by atoms with Gasteiger partial charge in [0.15, 0.2) is 0 Å². The largest absolute Gasteiger partial charge is 0.497 e. The Labute approximate surface area is 165 Å². The second-order valence-corrected chi connectivity index (χ2v) is 7.12. The van der Waals surface area contributed by atoms with E-state index in [1.54, 1.807) is 31.4 Å². The predicted octanol–water partition coefficient (Wildman–Crippen LogP) is 5.89. The standard InChI is InChI=1S/C19H15Cl2NO3S/c1-24-14-3-5-15(6-4-14)25-10-12-8-18(26-11-12)19(23)22-17-7-2-13(20)9-16(17)21/h2-9,11H,10H2,1H3,(H,22,23). The van der Waals surface area contributed by atoms with Crippen molar-refractivity contribution in [3.05, 3.63) is 74.4 Å². The fourth-order valence-electron chi connectivity index (χ4n) is 2.18. The van der Waals surface area contributed by atoms with E-state index in [2.05, 4.69) is 5.32 Å². The Morgan fingerprint density at radius 1 is 1.08 bits per heavy atom. The number of hydrogen-bond acceptors (Lipinski definition) is 4. The lowest BCUT2D eigenvalue weighted by atomic mass is 10.3. The Hall–Kier alpha value is -2.21. The van der Waals surface area contributed by atoms with Gasteiger partial charge in [0.2, 0.25) is 0 Å². The molecule has 0 aliphatic heterocycles. The van der Waals surface area contributed by atoms with Crippen LogP contribution in [0.2, 0.25) is 10.0 Å². The highest BCUT2D eigenvalue weighted by molar-refractivity contribution is 7.12. The van der Waals surface area contributed by atoms with Gasteiger partial charge < -0.3 is 14.8 Å². The van der Waals surface area contributed by atoms with E-state index in [1.807, 2.05) is 29.6 Å². The van der Waals surface area contributed by atoms with E-state index in [0.717, 1.165) is 17.1 Å². The number of ether oxygens (including phenoxy) is 2. The number of carbonyl (C=O) groups excluding carboxylic acids is 1. The number of anilines is 1. The maximum Gasteiger partial charge on any atom is 0.265 e. The summed E-state index contributed by atoms with van der Waals surface area (Å²) in [5.74, 6) is 1.28. The van der Waals surface area contributed by atoms with Crippen LogP contribution in [-0.2, 0) is 6.61 Å². The van der Waals surface area contributed by atoms with Gasteiger partial charge in [0.05, 0.1) is 22.7 Å². The summed E-state index contributed by atoms with van der Waals surface area (Å²) in [4.78, 5) is 12.9. The van der Waals surface area contributed by atoms with Gasteiger partial charge in [-0.05, 0) is 53.9 Å². The molecule has 0 fully saturated rings. The molecule has 1 amide bonds. The SMILES string of the molecule is COc1ccc(OCc2csc(C(=O)Nc3ccc(Cl)cc3Cl)c2)cc1. The van der Waals surface area contributed by atoms with Crippen LogP contribution in [-0.4, -0.2) is 13.0 Å². The number of hydrogen-bond donors (Lipinski definition) is 1. The average molecular weight is 408 g/mol. The van der Waals surface area contributed by atoms with E-state index in [1.165, 1.54) is 11.3 Å². The van der Waals surface area contributed by atoms with Gasteiger partial charge >= 0.3 is 0 Å². The minimum atomic E-state index is -0.227. The van der Waals surface area contributed by atoms with Gasteiger partial charge in [-0.15, -0.1) is 11.3 Å². The number of rotatable bonds is 6. The van der Waals surface area contributed by atoms with Crippen LogP contribution >= 0.6 is 34.5 Å². The van der Waals surface area contributed by atoms with Gasteiger partial charge in [0.1, 0.15) is 18.1 Å². The molecule has 4 nitrogen and oxygen atoms in total. The molecular formula is C19H15Cl2NO3S. The fourth-order valence-corrected chi connectivity index (χ4v) is 3.43. The average Bonchev–Trinajstić information content (AvgIpc) is 3.12. The van der Waals surface area contributed by atoms with Gasteiger partial charge in [-0.2, -0.15) is 0 Å². The topological polar surface area (TPSA) is 47.6 Å². The highest BCUT2D eigenvalue weighted by Crippen LogP contribution is 2.27. The number of halogens is 2. The summed E-state index contributed by atoms with van der Waals surface area (Å²) >= 11 is 13.3. The minimum Gasteiger partial charge on any atom is -0.497 e. The van der Waals surface area contributed by atoms with Gasteiger partial charge in [0, 0.05) is 10.6 Å². The predicted molar refractivity (Wildman–Crippen MR) is 106 cm³/mol. The molecule has 1 aromatic heterocycles. The Kier molecular flexibility index (Phi) is 6.04. The fraction of sp³-hybridized carbons (Fsp3) is 0.105. The lowest BCUT2D eigenvalue weighted by Crippen LogP contribution is -2.10. The lowest BCUT2D eigenvalue weighted by Gasteiger charge is -2.06. The second kappa shape index (κ2) is 8.45. The molecule has 2 aromatic carbocycles. The Balaban J connectivity index is 1.60. The van der Waals surface area contributed by atoms with E-state index < -0.39 is 0 Å². The molecule has 7 heteroatoms. The zero-order chi connectivity index (χ0) is 18.5. The number of nitrogens with one attached hydrogen (secondary N) is 1. The number of methoxy groups -OCH3 is 1. The summed E-state index contributed by atoms with van der Waals surface area (Å²) in [7, 11) is 1.62. The first-order valence-corrected chi connectivity index (χ1v) is 9.29. The van der Waals surface area contributed by atoms with Crippen molar-refractivity contribution in [1.82, 2.24) is 0 Å². The molecule has 0 saturated heterocycles. The maximum absolute atomic E-state index is 12.4. The van der Waals surface area contributed by atoms with E-state index >= 15 is 0 Å². The summed E-state index contributed by atoms with van der Waals surface area (Å²) < 4.78 is 10.8. The van der Waals surface area contributed by atoms with Crippen molar-refractivity contribution in [2.24, 2.45) is 0 Å². The molecule has 134 valence electrons. The minimum absolute atomic E-state index is 0.227. The highest BCUT2D eigenvalue weighted by atomic mass is 35.5. The second-order valence-electron chi connectivity index (χ2n) is 5.36. The molecule has 0 bridgehead atoms. The maximum atomic E-state index is 12.4. The van der Waals surface area contributed by atoms with Crippen LogP contribution in [0, 0.1) is 0 Å². The van der Waals surface area contributed by atoms with Crippen molar-refractivity contribution in [1.29, 1.82) is 0 Å². The molecule has 0 saturated carbocycles. The highest BCUT2D eigenvalue weighted by Gasteiger charge is 2.12. The normalized spacial score (nSPS) is 10.4. The molecule has 26 heavy (non-hydrogen) atoms. The Morgan fingerprint density at radius 3 is 2.50 bits per heavy atom. The summed E-state index contributed by atoms with van der Waals surface area (Å²) in [6.07, 6.45) is 0. The third-order valence-electron chi connectivity index (χ3n) is 3.52. The van der Waals surface area contributed by atoms with Gasteiger partial charge in [-0.1, -0.05) is 23.2 Å². The van der Waals surface area contributed by atoms with E-state index in [0.29, 0.717) is 27.2 Å². The smallest absolute Gasteiger partial charge is 0.265 e. The first kappa shape index (κ1) is 18.6. The van der Waals surface area contributed by atoms with Crippen LogP contribution in [0.5, 0.6) is 11.5 Å². The third kappa shape index (κ3) is 4.69. The number of thiophene rings is 1.